The number of nitrogens with two attached hydrogens (primary N) is 1. The minimum Gasteiger partial charge on any atom is -0.483 e. The molecule has 0 saturated heterocycles. The molecule has 10 heteroatoms. The summed E-state index contributed by atoms with van der Waals surface area (Å²) < 4.78 is 21.1. The molecule has 0 aliphatic heterocycles. The first-order valence-corrected chi connectivity index (χ1v) is 9.47. The van der Waals surface area contributed by atoms with Crippen LogP contribution in [-0.4, -0.2) is 32.0 Å². The van der Waals surface area contributed by atoms with Gasteiger partial charge in [0.2, 0.25) is 5.91 Å². The van der Waals surface area contributed by atoms with Crippen molar-refractivity contribution in [1.82, 2.24) is 20.1 Å². The molecule has 0 unspecified atom stereocenters. The molecule has 1 atom stereocenters. The Balaban J connectivity index is 1.86. The normalized spacial score (nSPS) is 11.7. The second-order valence-corrected chi connectivity index (χ2v) is 7.21. The van der Waals surface area contributed by atoms with Crippen molar-refractivity contribution in [3.63, 3.8) is 0 Å². The van der Waals surface area contributed by atoms with Crippen LogP contribution in [0, 0.1) is 5.82 Å². The Morgan fingerprint density at radius 2 is 1.86 bits per heavy atom. The van der Waals surface area contributed by atoms with Crippen LogP contribution < -0.4 is 15.8 Å². The minimum atomic E-state index is -0.925. The maximum absolute atomic E-state index is 13.8. The first-order chi connectivity index (χ1) is 14.0. The number of para-hydroxylation sites is 2. The number of nitrogens with zero attached hydrogens (tertiary/aromatic N) is 3. The number of benzene rings is 2. The van der Waals surface area contributed by atoms with Crippen LogP contribution in [0.15, 0.2) is 59.8 Å². The van der Waals surface area contributed by atoms with Gasteiger partial charge >= 0.3 is 6.03 Å². The smallest absolute Gasteiger partial charge is 0.318 e. The van der Waals surface area contributed by atoms with Crippen molar-refractivity contribution >= 4 is 23.7 Å². The van der Waals surface area contributed by atoms with Crippen molar-refractivity contribution < 1.29 is 18.7 Å². The molecule has 3 amide bonds. The zero-order chi connectivity index (χ0) is 20.8. The second-order valence-electron chi connectivity index (χ2n) is 5.90. The number of halogens is 1. The lowest BCUT2D eigenvalue weighted by Gasteiger charge is -2.13. The highest BCUT2D eigenvalue weighted by Gasteiger charge is 2.22. The Hall–Kier alpha value is -3.40. The zero-order valence-electron chi connectivity index (χ0n) is 15.4. The van der Waals surface area contributed by atoms with E-state index in [-0.39, 0.29) is 12.4 Å². The number of ether oxygens (including phenoxy) is 1. The third-order valence-electron chi connectivity index (χ3n) is 3.81. The summed E-state index contributed by atoms with van der Waals surface area (Å²) in [5, 5.41) is 10.1. The summed E-state index contributed by atoms with van der Waals surface area (Å²) >= 11 is 1.10. The molecule has 0 aliphatic carbocycles. The highest BCUT2D eigenvalue weighted by Crippen LogP contribution is 2.26. The molecule has 1 aromatic heterocycles. The summed E-state index contributed by atoms with van der Waals surface area (Å²) in [6.07, 6.45) is 0. The van der Waals surface area contributed by atoms with Gasteiger partial charge in [0, 0.05) is 5.69 Å². The number of hydrogen-bond donors (Lipinski definition) is 2. The van der Waals surface area contributed by atoms with E-state index in [9.17, 15) is 14.0 Å². The molecule has 2 aromatic carbocycles. The third-order valence-corrected chi connectivity index (χ3v) is 4.85. The highest BCUT2D eigenvalue weighted by atomic mass is 32.2. The molecule has 8 nitrogen and oxygen atoms in total. The van der Waals surface area contributed by atoms with Crippen molar-refractivity contribution in [2.75, 3.05) is 0 Å². The van der Waals surface area contributed by atoms with Crippen molar-refractivity contribution in [2.24, 2.45) is 5.73 Å². The van der Waals surface area contributed by atoms with Crippen LogP contribution >= 0.6 is 11.8 Å². The van der Waals surface area contributed by atoms with E-state index in [0.29, 0.717) is 11.0 Å². The van der Waals surface area contributed by atoms with Crippen LogP contribution in [0.4, 0.5) is 9.18 Å². The Morgan fingerprint density at radius 3 is 2.55 bits per heavy atom. The SMILES string of the molecule is C[C@@H](Sc1nnc(COc2ccccc2F)n1-c1ccccc1)C(=O)NC(N)=O. The zero-order valence-corrected chi connectivity index (χ0v) is 16.2. The topological polar surface area (TPSA) is 112 Å². The quantitative estimate of drug-likeness (QED) is 0.574. The van der Waals surface area contributed by atoms with Crippen LogP contribution in [0.2, 0.25) is 0 Å². The van der Waals surface area contributed by atoms with Gasteiger partial charge in [-0.05, 0) is 31.2 Å². The number of amides is 3. The summed E-state index contributed by atoms with van der Waals surface area (Å²) in [7, 11) is 0. The molecule has 1 heterocycles. The van der Waals surface area contributed by atoms with E-state index < -0.39 is 23.0 Å². The largest absolute Gasteiger partial charge is 0.483 e. The third kappa shape index (κ3) is 5.11. The Kier molecular flexibility index (Phi) is 6.45. The van der Waals surface area contributed by atoms with Gasteiger partial charge in [-0.2, -0.15) is 0 Å². The number of thioether (sulfide) groups is 1. The van der Waals surface area contributed by atoms with Crippen molar-refractivity contribution in [3.8, 4) is 11.4 Å². The summed E-state index contributed by atoms with van der Waals surface area (Å²) in [6, 6.07) is 14.4. The van der Waals surface area contributed by atoms with Gasteiger partial charge in [0.25, 0.3) is 0 Å². The van der Waals surface area contributed by atoms with E-state index in [1.54, 1.807) is 23.6 Å². The fraction of sp³-hybridized carbons (Fsp3) is 0.158. The summed E-state index contributed by atoms with van der Waals surface area (Å²) in [5.41, 5.74) is 5.74. The standard InChI is InChI=1S/C19H18FN5O3S/c1-12(17(26)22-18(21)27)29-19-24-23-16(25(19)13-7-3-2-4-8-13)11-28-15-10-6-5-9-14(15)20/h2-10,12H,11H2,1H3,(H3,21,22,26,27)/t12-/m1/s1. The van der Waals surface area contributed by atoms with E-state index in [4.69, 9.17) is 10.5 Å². The predicted octanol–water partition coefficient (Wildman–Crippen LogP) is 2.66. The van der Waals surface area contributed by atoms with E-state index in [0.717, 1.165) is 17.4 Å². The van der Waals surface area contributed by atoms with Crippen molar-refractivity contribution in [2.45, 2.75) is 23.9 Å². The number of urea groups is 1. The monoisotopic (exact) mass is 415 g/mol. The number of hydrogen-bond acceptors (Lipinski definition) is 6. The molecule has 0 saturated carbocycles. The molecule has 0 spiro atoms. The lowest BCUT2D eigenvalue weighted by molar-refractivity contribution is -0.119. The molecule has 0 fully saturated rings. The Labute approximate surface area is 170 Å². The number of primary amides is 1. The van der Waals surface area contributed by atoms with Gasteiger partial charge in [0.05, 0.1) is 5.25 Å². The van der Waals surface area contributed by atoms with Gasteiger partial charge in [-0.25, -0.2) is 9.18 Å². The second kappa shape index (κ2) is 9.20. The molecular formula is C19H18FN5O3S. The van der Waals surface area contributed by atoms with Crippen molar-refractivity contribution in [3.05, 3.63) is 66.2 Å². The molecular weight excluding hydrogens is 397 g/mol. The lowest BCUT2D eigenvalue weighted by Crippen LogP contribution is -2.39. The molecule has 0 radical (unpaired) electrons. The molecule has 150 valence electrons. The number of imide groups is 1. The van der Waals surface area contributed by atoms with Crippen LogP contribution in [-0.2, 0) is 11.4 Å². The fourth-order valence-corrected chi connectivity index (χ4v) is 3.33. The Morgan fingerprint density at radius 1 is 1.17 bits per heavy atom. The number of aromatic nitrogens is 3. The first-order valence-electron chi connectivity index (χ1n) is 8.59. The van der Waals surface area contributed by atoms with Crippen LogP contribution in [0.5, 0.6) is 5.75 Å². The van der Waals surface area contributed by atoms with Gasteiger partial charge in [0.1, 0.15) is 6.61 Å². The summed E-state index contributed by atoms with van der Waals surface area (Å²) in [4.78, 5) is 22.9. The minimum absolute atomic E-state index is 0.0365. The average Bonchev–Trinajstić information content (AvgIpc) is 3.10. The first kappa shape index (κ1) is 20.3. The van der Waals surface area contributed by atoms with Gasteiger partial charge in [-0.1, -0.05) is 42.1 Å². The molecule has 0 bridgehead atoms. The fourth-order valence-electron chi connectivity index (χ4n) is 2.45. The molecule has 29 heavy (non-hydrogen) atoms. The van der Waals surface area contributed by atoms with Crippen LogP contribution in [0.3, 0.4) is 0 Å². The number of carbonyl (C=O) groups is 2. The maximum Gasteiger partial charge on any atom is 0.318 e. The lowest BCUT2D eigenvalue weighted by atomic mass is 10.3. The predicted molar refractivity (Wildman–Crippen MR) is 105 cm³/mol. The van der Waals surface area contributed by atoms with Gasteiger partial charge in [-0.3, -0.25) is 14.7 Å². The van der Waals surface area contributed by atoms with Crippen LogP contribution in [0.25, 0.3) is 5.69 Å². The van der Waals surface area contributed by atoms with E-state index in [1.165, 1.54) is 12.1 Å². The molecule has 3 aromatic rings. The van der Waals surface area contributed by atoms with Crippen molar-refractivity contribution in [1.29, 1.82) is 0 Å². The number of rotatable bonds is 7. The van der Waals surface area contributed by atoms with Crippen LogP contribution in [0.1, 0.15) is 12.7 Å². The van der Waals surface area contributed by atoms with Gasteiger partial charge in [0.15, 0.2) is 22.5 Å². The van der Waals surface area contributed by atoms with E-state index >= 15 is 0 Å². The van der Waals surface area contributed by atoms with Gasteiger partial charge < -0.3 is 10.5 Å². The summed E-state index contributed by atoms with van der Waals surface area (Å²) in [5.74, 6) is -0.512. The molecule has 3 rings (SSSR count). The van der Waals surface area contributed by atoms with E-state index in [1.807, 2.05) is 35.6 Å². The maximum atomic E-state index is 13.8. The highest BCUT2D eigenvalue weighted by molar-refractivity contribution is 8.00. The Bertz CT molecular complexity index is 1010. The van der Waals surface area contributed by atoms with E-state index in [2.05, 4.69) is 10.2 Å². The molecule has 3 N–H and O–H groups in total. The average molecular weight is 415 g/mol. The van der Waals surface area contributed by atoms with Gasteiger partial charge in [-0.15, -0.1) is 10.2 Å². The number of nitrogens with one attached hydrogen (secondary N) is 1. The summed E-state index contributed by atoms with van der Waals surface area (Å²) in [6.45, 7) is 1.58. The molecule has 0 aliphatic rings. The number of carbonyl (C=O) groups excluding carboxylic acids is 2.